The summed E-state index contributed by atoms with van der Waals surface area (Å²) in [7, 11) is 0. The normalized spacial score (nSPS) is 16.0. The fourth-order valence-corrected chi connectivity index (χ4v) is 3.91. The molecule has 0 atom stereocenters. The lowest BCUT2D eigenvalue weighted by Gasteiger charge is -2.16. The third-order valence-electron chi connectivity index (χ3n) is 5.41. The van der Waals surface area contributed by atoms with Crippen LogP contribution >= 0.6 is 0 Å². The van der Waals surface area contributed by atoms with Crippen molar-refractivity contribution in [3.8, 4) is 0 Å². The van der Waals surface area contributed by atoms with Gasteiger partial charge in [0.1, 0.15) is 0 Å². The molecule has 26 heavy (non-hydrogen) atoms. The van der Waals surface area contributed by atoms with Crippen molar-refractivity contribution >= 4 is 5.91 Å². The van der Waals surface area contributed by atoms with Crippen LogP contribution in [0.3, 0.4) is 0 Å². The topological polar surface area (TPSA) is 59.0 Å². The van der Waals surface area contributed by atoms with Crippen molar-refractivity contribution in [3.05, 3.63) is 17.0 Å². The second kappa shape index (κ2) is 10.7. The van der Waals surface area contributed by atoms with Crippen LogP contribution in [0.2, 0.25) is 0 Å². The molecule has 1 aliphatic rings. The molecule has 2 N–H and O–H groups in total. The van der Waals surface area contributed by atoms with E-state index in [2.05, 4.69) is 41.2 Å². The van der Waals surface area contributed by atoms with Crippen molar-refractivity contribution in [2.24, 2.45) is 5.92 Å². The summed E-state index contributed by atoms with van der Waals surface area (Å²) in [6.07, 6.45) is 9.32. The Hall–Kier alpha value is -1.36. The molecule has 0 saturated heterocycles. The van der Waals surface area contributed by atoms with E-state index in [1.807, 2.05) is 6.92 Å². The van der Waals surface area contributed by atoms with Crippen molar-refractivity contribution in [2.75, 3.05) is 13.1 Å². The highest BCUT2D eigenvalue weighted by Crippen LogP contribution is 2.17. The Bertz CT molecular complexity index is 557. The highest BCUT2D eigenvalue weighted by atomic mass is 16.1. The van der Waals surface area contributed by atoms with Crippen LogP contribution in [0.1, 0.15) is 75.7 Å². The van der Waals surface area contributed by atoms with Gasteiger partial charge in [-0.2, -0.15) is 5.10 Å². The molecule has 1 fully saturated rings. The summed E-state index contributed by atoms with van der Waals surface area (Å²) in [5.41, 5.74) is 3.50. The molecule has 0 aliphatic heterocycles. The van der Waals surface area contributed by atoms with E-state index in [1.54, 1.807) is 0 Å². The summed E-state index contributed by atoms with van der Waals surface area (Å²) in [4.78, 5) is 12.2. The molecule has 0 spiro atoms. The number of aromatic nitrogens is 2. The fraction of sp³-hybridized carbons (Fsp3) is 0.810. The van der Waals surface area contributed by atoms with E-state index in [9.17, 15) is 4.79 Å². The van der Waals surface area contributed by atoms with Crippen molar-refractivity contribution in [3.63, 3.8) is 0 Å². The van der Waals surface area contributed by atoms with Crippen LogP contribution in [0.5, 0.6) is 0 Å². The Kier molecular flexibility index (Phi) is 8.63. The molecule has 1 aromatic rings. The number of carbonyl (C=O) groups is 1. The Morgan fingerprint density at radius 1 is 1.15 bits per heavy atom. The monoisotopic (exact) mass is 362 g/mol. The summed E-state index contributed by atoms with van der Waals surface area (Å²) < 4.78 is 2.09. The van der Waals surface area contributed by atoms with E-state index in [1.165, 1.54) is 49.8 Å². The molecule has 1 heterocycles. The van der Waals surface area contributed by atoms with E-state index in [4.69, 9.17) is 0 Å². The first kappa shape index (κ1) is 20.9. The van der Waals surface area contributed by atoms with Crippen LogP contribution in [0.4, 0.5) is 0 Å². The Morgan fingerprint density at radius 2 is 1.85 bits per heavy atom. The number of carbonyl (C=O) groups excluding carboxylic acids is 1. The molecule has 1 aliphatic carbocycles. The predicted octanol–water partition coefficient (Wildman–Crippen LogP) is 3.52. The minimum absolute atomic E-state index is 0.142. The largest absolute Gasteiger partial charge is 0.355 e. The van der Waals surface area contributed by atoms with Crippen molar-refractivity contribution in [1.29, 1.82) is 0 Å². The quantitative estimate of drug-likeness (QED) is 0.522. The molecule has 148 valence electrons. The zero-order valence-electron chi connectivity index (χ0n) is 17.2. The van der Waals surface area contributed by atoms with Gasteiger partial charge in [0.2, 0.25) is 5.91 Å². The SMILES string of the molecule is Cc1nn(CC(C)C)c(C)c1CCC(=O)NCCNC1CCCCCC1. The summed E-state index contributed by atoms with van der Waals surface area (Å²) in [6, 6.07) is 0.645. The van der Waals surface area contributed by atoms with Gasteiger partial charge in [-0.15, -0.1) is 0 Å². The minimum Gasteiger partial charge on any atom is -0.355 e. The lowest BCUT2D eigenvalue weighted by atomic mass is 10.1. The molecule has 0 bridgehead atoms. The van der Waals surface area contributed by atoms with Gasteiger partial charge in [0.15, 0.2) is 0 Å². The van der Waals surface area contributed by atoms with Gasteiger partial charge < -0.3 is 10.6 Å². The molecular weight excluding hydrogens is 324 g/mol. The fourth-order valence-electron chi connectivity index (χ4n) is 3.91. The standard InChI is InChI=1S/C21H38N4O/c1-16(2)15-25-18(4)20(17(3)24-25)11-12-21(26)23-14-13-22-19-9-7-5-6-8-10-19/h16,19,22H,5-15H2,1-4H3,(H,23,26). The molecule has 5 heteroatoms. The van der Waals surface area contributed by atoms with Gasteiger partial charge in [0.05, 0.1) is 5.69 Å². The number of hydrogen-bond donors (Lipinski definition) is 2. The van der Waals surface area contributed by atoms with Crippen LogP contribution < -0.4 is 10.6 Å². The van der Waals surface area contributed by atoms with Crippen LogP contribution in [0.25, 0.3) is 0 Å². The zero-order chi connectivity index (χ0) is 18.9. The van der Waals surface area contributed by atoms with Crippen LogP contribution in [0, 0.1) is 19.8 Å². The van der Waals surface area contributed by atoms with Crippen LogP contribution in [-0.4, -0.2) is 34.8 Å². The maximum Gasteiger partial charge on any atom is 0.220 e. The first-order valence-electron chi connectivity index (χ1n) is 10.5. The number of rotatable bonds is 9. The number of hydrogen-bond acceptors (Lipinski definition) is 3. The predicted molar refractivity (Wildman–Crippen MR) is 107 cm³/mol. The average molecular weight is 363 g/mol. The first-order chi connectivity index (χ1) is 12.5. The Balaban J connectivity index is 1.67. The second-order valence-corrected chi connectivity index (χ2v) is 8.22. The Labute approximate surface area is 159 Å². The highest BCUT2D eigenvalue weighted by molar-refractivity contribution is 5.76. The minimum atomic E-state index is 0.142. The van der Waals surface area contributed by atoms with Crippen molar-refractivity contribution in [2.45, 2.75) is 91.6 Å². The molecule has 0 aromatic carbocycles. The van der Waals surface area contributed by atoms with Gasteiger partial charge in [-0.1, -0.05) is 39.5 Å². The average Bonchev–Trinajstić information content (AvgIpc) is 2.78. The van der Waals surface area contributed by atoms with Crippen molar-refractivity contribution < 1.29 is 4.79 Å². The lowest BCUT2D eigenvalue weighted by Crippen LogP contribution is -2.36. The number of amides is 1. The second-order valence-electron chi connectivity index (χ2n) is 8.22. The zero-order valence-corrected chi connectivity index (χ0v) is 17.2. The third kappa shape index (κ3) is 6.75. The van der Waals surface area contributed by atoms with E-state index in [-0.39, 0.29) is 5.91 Å². The van der Waals surface area contributed by atoms with Crippen molar-refractivity contribution in [1.82, 2.24) is 20.4 Å². The van der Waals surface area contributed by atoms with Crippen LogP contribution in [0.15, 0.2) is 0 Å². The molecule has 1 saturated carbocycles. The Morgan fingerprint density at radius 3 is 2.50 bits per heavy atom. The summed E-state index contributed by atoms with van der Waals surface area (Å²) in [6.45, 7) is 11.1. The van der Waals surface area contributed by atoms with Gasteiger partial charge >= 0.3 is 0 Å². The lowest BCUT2D eigenvalue weighted by molar-refractivity contribution is -0.121. The maximum absolute atomic E-state index is 12.2. The number of aryl methyl sites for hydroxylation is 1. The maximum atomic E-state index is 12.2. The van der Waals surface area contributed by atoms with Crippen LogP contribution in [-0.2, 0) is 17.8 Å². The van der Waals surface area contributed by atoms with E-state index >= 15 is 0 Å². The summed E-state index contributed by atoms with van der Waals surface area (Å²) in [5.74, 6) is 0.716. The van der Waals surface area contributed by atoms with Gasteiger partial charge in [0, 0.05) is 37.8 Å². The molecule has 1 aromatic heterocycles. The van der Waals surface area contributed by atoms with E-state index in [0.29, 0.717) is 18.4 Å². The summed E-state index contributed by atoms with van der Waals surface area (Å²) >= 11 is 0. The number of nitrogens with one attached hydrogen (secondary N) is 2. The van der Waals surface area contributed by atoms with E-state index < -0.39 is 0 Å². The van der Waals surface area contributed by atoms with Gasteiger partial charge in [-0.25, -0.2) is 0 Å². The smallest absolute Gasteiger partial charge is 0.220 e. The molecule has 0 radical (unpaired) electrons. The molecule has 2 rings (SSSR count). The third-order valence-corrected chi connectivity index (χ3v) is 5.41. The summed E-state index contributed by atoms with van der Waals surface area (Å²) in [5, 5.41) is 11.3. The molecule has 1 amide bonds. The first-order valence-corrected chi connectivity index (χ1v) is 10.5. The highest BCUT2D eigenvalue weighted by Gasteiger charge is 2.14. The molecule has 5 nitrogen and oxygen atoms in total. The molecule has 0 unspecified atom stereocenters. The van der Waals surface area contributed by atoms with Gasteiger partial charge in [0.25, 0.3) is 0 Å². The van der Waals surface area contributed by atoms with Gasteiger partial charge in [-0.05, 0) is 44.6 Å². The molecular formula is C21H38N4O. The van der Waals surface area contributed by atoms with E-state index in [0.717, 1.165) is 31.7 Å². The van der Waals surface area contributed by atoms with Gasteiger partial charge in [-0.3, -0.25) is 9.48 Å². The number of nitrogens with zero attached hydrogens (tertiary/aromatic N) is 2.